The summed E-state index contributed by atoms with van der Waals surface area (Å²) in [6.07, 6.45) is 0.592. The molecular weight excluding hydrogens is 316 g/mol. The van der Waals surface area contributed by atoms with Crippen molar-refractivity contribution in [2.45, 2.75) is 31.3 Å². The summed E-state index contributed by atoms with van der Waals surface area (Å²) in [6.45, 7) is 2.43. The highest BCUT2D eigenvalue weighted by atomic mass is 16.5. The van der Waals surface area contributed by atoms with Crippen LogP contribution in [0.3, 0.4) is 0 Å². The maximum atomic E-state index is 12.3. The largest absolute Gasteiger partial charge is 0.493 e. The van der Waals surface area contributed by atoms with E-state index in [0.29, 0.717) is 13.0 Å². The van der Waals surface area contributed by atoms with Crippen LogP contribution in [0.1, 0.15) is 24.0 Å². The van der Waals surface area contributed by atoms with Gasteiger partial charge >= 0.3 is 6.03 Å². The van der Waals surface area contributed by atoms with Gasteiger partial charge in [0.2, 0.25) is 0 Å². The van der Waals surface area contributed by atoms with E-state index in [9.17, 15) is 9.90 Å². The molecule has 0 spiro atoms. The third kappa shape index (κ3) is 4.31. The topological polar surface area (TPSA) is 70.6 Å². The van der Waals surface area contributed by atoms with Crippen molar-refractivity contribution in [2.24, 2.45) is 0 Å². The van der Waals surface area contributed by atoms with Gasteiger partial charge in [-0.2, -0.15) is 0 Å². The number of nitrogens with one attached hydrogen (secondary N) is 2. The number of aliphatic hydroxyl groups is 1. The van der Waals surface area contributed by atoms with Crippen LogP contribution in [0.2, 0.25) is 0 Å². The van der Waals surface area contributed by atoms with Crippen molar-refractivity contribution in [3.8, 4) is 5.75 Å². The molecule has 3 rings (SSSR count). The Bertz CT molecular complexity index is 705. The average Bonchev–Trinajstić information content (AvgIpc) is 3.06. The van der Waals surface area contributed by atoms with Gasteiger partial charge in [-0.05, 0) is 25.0 Å². The van der Waals surface area contributed by atoms with Gasteiger partial charge in [-0.3, -0.25) is 0 Å². The first-order valence-corrected chi connectivity index (χ1v) is 8.61. The zero-order valence-corrected chi connectivity index (χ0v) is 14.3. The van der Waals surface area contributed by atoms with Crippen LogP contribution in [0, 0.1) is 0 Å². The Hall–Kier alpha value is -2.53. The molecular formula is C20H24N2O3. The molecule has 2 amide bonds. The predicted molar refractivity (Wildman–Crippen MR) is 96.8 cm³/mol. The molecule has 2 aromatic carbocycles. The first-order chi connectivity index (χ1) is 12.2. The average molecular weight is 340 g/mol. The predicted octanol–water partition coefficient (Wildman–Crippen LogP) is 2.45. The second kappa shape index (κ2) is 8.03. The van der Waals surface area contributed by atoms with Crippen molar-refractivity contribution in [1.82, 2.24) is 10.6 Å². The summed E-state index contributed by atoms with van der Waals surface area (Å²) < 4.78 is 5.68. The lowest BCUT2D eigenvalue weighted by atomic mass is 9.94. The standard InChI is InChI=1S/C20H24N2O3/c1-14(18-13-25-19-10-6-5-9-17(18)19)21-20(24)22-16(12-23)11-15-7-3-2-4-8-15/h2-10,14,16,18,23H,11-13H2,1H3,(H2,21,22,24). The van der Waals surface area contributed by atoms with Gasteiger partial charge in [0.05, 0.1) is 19.3 Å². The molecule has 3 atom stereocenters. The molecule has 5 nitrogen and oxygen atoms in total. The van der Waals surface area contributed by atoms with E-state index in [-0.39, 0.29) is 30.6 Å². The van der Waals surface area contributed by atoms with Crippen LogP contribution in [0.4, 0.5) is 4.79 Å². The highest BCUT2D eigenvalue weighted by Gasteiger charge is 2.29. The second-order valence-corrected chi connectivity index (χ2v) is 6.43. The molecule has 1 aliphatic heterocycles. The van der Waals surface area contributed by atoms with Crippen molar-refractivity contribution in [2.75, 3.05) is 13.2 Å². The minimum Gasteiger partial charge on any atom is -0.493 e. The Morgan fingerprint density at radius 3 is 2.64 bits per heavy atom. The number of fused-ring (bicyclic) bond motifs is 1. The van der Waals surface area contributed by atoms with E-state index in [1.54, 1.807) is 0 Å². The summed E-state index contributed by atoms with van der Waals surface area (Å²) in [5.74, 6) is 1.02. The molecule has 1 aliphatic rings. The van der Waals surface area contributed by atoms with Crippen LogP contribution in [0.15, 0.2) is 54.6 Å². The number of carbonyl (C=O) groups excluding carboxylic acids is 1. The normalized spacial score (nSPS) is 17.9. The number of urea groups is 1. The van der Waals surface area contributed by atoms with E-state index in [0.717, 1.165) is 16.9 Å². The monoisotopic (exact) mass is 340 g/mol. The van der Waals surface area contributed by atoms with Crippen LogP contribution >= 0.6 is 0 Å². The van der Waals surface area contributed by atoms with Gasteiger partial charge < -0.3 is 20.5 Å². The highest BCUT2D eigenvalue weighted by Crippen LogP contribution is 2.35. The van der Waals surface area contributed by atoms with Crippen LogP contribution in [0.25, 0.3) is 0 Å². The fourth-order valence-electron chi connectivity index (χ4n) is 3.20. The number of carbonyl (C=O) groups is 1. The van der Waals surface area contributed by atoms with Gasteiger partial charge in [0.25, 0.3) is 0 Å². The summed E-state index contributed by atoms with van der Waals surface area (Å²) in [4.78, 5) is 12.3. The van der Waals surface area contributed by atoms with E-state index in [1.165, 1.54) is 0 Å². The van der Waals surface area contributed by atoms with Gasteiger partial charge in [0.15, 0.2) is 0 Å². The van der Waals surface area contributed by atoms with E-state index < -0.39 is 0 Å². The maximum Gasteiger partial charge on any atom is 0.315 e. The fourth-order valence-corrected chi connectivity index (χ4v) is 3.20. The molecule has 3 N–H and O–H groups in total. The number of aliphatic hydroxyl groups excluding tert-OH is 1. The molecule has 0 radical (unpaired) electrons. The molecule has 5 heteroatoms. The van der Waals surface area contributed by atoms with E-state index >= 15 is 0 Å². The summed E-state index contributed by atoms with van der Waals surface area (Å²) in [6, 6.07) is 17.1. The molecule has 0 fully saturated rings. The third-order valence-corrected chi connectivity index (χ3v) is 4.58. The van der Waals surface area contributed by atoms with Gasteiger partial charge in [-0.15, -0.1) is 0 Å². The summed E-state index contributed by atoms with van der Waals surface area (Å²) >= 11 is 0. The maximum absolute atomic E-state index is 12.3. The number of amides is 2. The second-order valence-electron chi connectivity index (χ2n) is 6.43. The molecule has 25 heavy (non-hydrogen) atoms. The van der Waals surface area contributed by atoms with Crippen LogP contribution in [-0.2, 0) is 6.42 Å². The van der Waals surface area contributed by atoms with Crippen LogP contribution in [0.5, 0.6) is 5.75 Å². The number of para-hydroxylation sites is 1. The molecule has 132 valence electrons. The van der Waals surface area contributed by atoms with Gasteiger partial charge in [-0.25, -0.2) is 4.79 Å². The first kappa shape index (κ1) is 17.3. The Kier molecular flexibility index (Phi) is 5.56. The van der Waals surface area contributed by atoms with E-state index in [2.05, 4.69) is 10.6 Å². The van der Waals surface area contributed by atoms with Crippen LogP contribution in [-0.4, -0.2) is 36.4 Å². The lowest BCUT2D eigenvalue weighted by Gasteiger charge is -2.23. The molecule has 0 aliphatic carbocycles. The molecule has 0 aromatic heterocycles. The Balaban J connectivity index is 1.55. The summed E-state index contributed by atoms with van der Waals surface area (Å²) in [7, 11) is 0. The zero-order valence-electron chi connectivity index (χ0n) is 14.3. The third-order valence-electron chi connectivity index (χ3n) is 4.58. The van der Waals surface area contributed by atoms with E-state index in [1.807, 2.05) is 61.5 Å². The van der Waals surface area contributed by atoms with Crippen molar-refractivity contribution < 1.29 is 14.6 Å². The number of benzene rings is 2. The lowest BCUT2D eigenvalue weighted by Crippen LogP contribution is -2.49. The van der Waals surface area contributed by atoms with Crippen LogP contribution < -0.4 is 15.4 Å². The van der Waals surface area contributed by atoms with Gasteiger partial charge in [-0.1, -0.05) is 48.5 Å². The summed E-state index contributed by atoms with van der Waals surface area (Å²) in [5.41, 5.74) is 2.20. The summed E-state index contributed by atoms with van der Waals surface area (Å²) in [5, 5.41) is 15.4. The highest BCUT2D eigenvalue weighted by molar-refractivity contribution is 5.74. The quantitative estimate of drug-likeness (QED) is 0.756. The molecule has 1 heterocycles. The number of rotatable bonds is 6. The minimum absolute atomic E-state index is 0.0697. The van der Waals surface area contributed by atoms with E-state index in [4.69, 9.17) is 4.74 Å². The number of ether oxygens (including phenoxy) is 1. The SMILES string of the molecule is CC(NC(=O)NC(CO)Cc1ccccc1)C1COc2ccccc21. The smallest absolute Gasteiger partial charge is 0.315 e. The molecule has 2 aromatic rings. The van der Waals surface area contributed by atoms with Gasteiger partial charge in [0.1, 0.15) is 5.75 Å². The Morgan fingerprint density at radius 2 is 1.88 bits per heavy atom. The first-order valence-electron chi connectivity index (χ1n) is 8.61. The molecule has 0 saturated heterocycles. The Morgan fingerprint density at radius 1 is 1.16 bits per heavy atom. The van der Waals surface area contributed by atoms with Crippen molar-refractivity contribution in [3.05, 3.63) is 65.7 Å². The van der Waals surface area contributed by atoms with Crippen molar-refractivity contribution in [3.63, 3.8) is 0 Å². The van der Waals surface area contributed by atoms with Gasteiger partial charge in [0, 0.05) is 17.5 Å². The molecule has 0 saturated carbocycles. The van der Waals surface area contributed by atoms with Crippen molar-refractivity contribution >= 4 is 6.03 Å². The minimum atomic E-state index is -0.318. The van der Waals surface area contributed by atoms with Crippen molar-refractivity contribution in [1.29, 1.82) is 0 Å². The fraction of sp³-hybridized carbons (Fsp3) is 0.350. The number of hydrogen-bond acceptors (Lipinski definition) is 3. The molecule has 0 bridgehead atoms. The zero-order chi connectivity index (χ0) is 17.6. The molecule has 3 unspecified atom stereocenters. The lowest BCUT2D eigenvalue weighted by molar-refractivity contribution is 0.211. The number of hydrogen-bond donors (Lipinski definition) is 3. The Labute approximate surface area is 148 Å².